The molecule has 0 aromatic carbocycles. The summed E-state index contributed by atoms with van der Waals surface area (Å²) >= 11 is 0. The van der Waals surface area contributed by atoms with E-state index in [1.54, 1.807) is 13.8 Å². The SMILES string of the molecule is CCCCCCCCCCCCCCCC(=O)N[C@@H](CCCN=C(N)N)C(=O)C[C@@H](CC(C)C)C(=O)N[C@@H](CCCN=C(N)N)C(=O)C[C@@H](CCC(N)=O)C(=O)NC(C)C. The number of aliphatic imine (C=N–C) groups is 2. The molecule has 0 unspecified atom stereocenters. The highest BCUT2D eigenvalue weighted by Gasteiger charge is 2.32. The Morgan fingerprint density at radius 2 is 0.933 bits per heavy atom. The van der Waals surface area contributed by atoms with Crippen LogP contribution >= 0.6 is 0 Å². The molecule has 0 saturated heterocycles. The summed E-state index contributed by atoms with van der Waals surface area (Å²) in [6.07, 6.45) is 17.0. The third-order valence-electron chi connectivity index (χ3n) is 10.4. The zero-order chi connectivity index (χ0) is 45.3. The molecule has 0 aromatic heterocycles. The van der Waals surface area contributed by atoms with Crippen molar-refractivity contribution in [3.63, 3.8) is 0 Å². The van der Waals surface area contributed by atoms with Gasteiger partial charge >= 0.3 is 0 Å². The lowest BCUT2D eigenvalue weighted by Crippen LogP contribution is -2.47. The Morgan fingerprint density at radius 3 is 1.37 bits per heavy atom. The fourth-order valence-electron chi connectivity index (χ4n) is 7.16. The predicted molar refractivity (Wildman–Crippen MR) is 241 cm³/mol. The minimum Gasteiger partial charge on any atom is -0.370 e. The zero-order valence-corrected chi connectivity index (χ0v) is 37.9. The van der Waals surface area contributed by atoms with Gasteiger partial charge in [-0.15, -0.1) is 0 Å². The molecule has 0 aliphatic carbocycles. The average molecular weight is 849 g/mol. The third kappa shape index (κ3) is 30.8. The van der Waals surface area contributed by atoms with Crippen molar-refractivity contribution in [1.29, 1.82) is 0 Å². The van der Waals surface area contributed by atoms with Crippen molar-refractivity contribution in [3.8, 4) is 0 Å². The summed E-state index contributed by atoms with van der Waals surface area (Å²) in [4.78, 5) is 87.6. The molecule has 0 saturated carbocycles. The van der Waals surface area contributed by atoms with Crippen LogP contribution in [0.2, 0.25) is 0 Å². The Morgan fingerprint density at radius 1 is 0.500 bits per heavy atom. The molecule has 0 fully saturated rings. The largest absolute Gasteiger partial charge is 0.370 e. The third-order valence-corrected chi connectivity index (χ3v) is 10.4. The normalized spacial score (nSPS) is 13.2. The molecule has 0 aromatic rings. The van der Waals surface area contributed by atoms with Gasteiger partial charge in [-0.2, -0.15) is 0 Å². The first-order valence-corrected chi connectivity index (χ1v) is 22.8. The van der Waals surface area contributed by atoms with Crippen LogP contribution in [0, 0.1) is 17.8 Å². The van der Waals surface area contributed by atoms with E-state index in [-0.39, 0.29) is 87.2 Å². The first-order chi connectivity index (χ1) is 28.5. The number of unbranched alkanes of at least 4 members (excludes halogenated alkanes) is 12. The van der Waals surface area contributed by atoms with Gasteiger partial charge in [0.25, 0.3) is 0 Å². The van der Waals surface area contributed by atoms with E-state index in [2.05, 4.69) is 32.9 Å². The first-order valence-electron chi connectivity index (χ1n) is 22.8. The quantitative estimate of drug-likeness (QED) is 0.0244. The Kier molecular flexibility index (Phi) is 32.0. The minimum atomic E-state index is -1.02. The standard InChI is InChI=1S/C44H84N10O6/c1-6-7-8-9-10-11-12-13-14-15-16-17-18-23-40(58)53-35(21-19-26-50-43(46)47)38(56)30-34(28-31(2)3)42(60)54-36(22-20-27-51-44(48)49)37(55)29-33(24-25-39(45)57)41(59)52-32(4)5/h31-36H,6-30H2,1-5H3,(H2,45,57)(H,52,59)(H,53,58)(H,54,60)(H4,46,47,50)(H4,48,49,51)/t33-,34-,35+,36+/m1/s1. The summed E-state index contributed by atoms with van der Waals surface area (Å²) in [5.41, 5.74) is 27.3. The van der Waals surface area contributed by atoms with Gasteiger partial charge in [0.05, 0.1) is 12.1 Å². The fraction of sp³-hybridized carbons (Fsp3) is 0.818. The number of hydrogen-bond acceptors (Lipinski definition) is 8. The summed E-state index contributed by atoms with van der Waals surface area (Å²) in [7, 11) is 0. The van der Waals surface area contributed by atoms with E-state index in [1.165, 1.54) is 57.8 Å². The van der Waals surface area contributed by atoms with Crippen LogP contribution in [0.15, 0.2) is 9.98 Å². The molecule has 4 amide bonds. The molecule has 346 valence electrons. The van der Waals surface area contributed by atoms with E-state index in [4.69, 9.17) is 28.7 Å². The van der Waals surface area contributed by atoms with E-state index in [0.29, 0.717) is 25.7 Å². The van der Waals surface area contributed by atoms with Gasteiger partial charge in [0.2, 0.25) is 23.6 Å². The number of nitrogens with one attached hydrogen (secondary N) is 3. The molecule has 0 rings (SSSR count). The number of nitrogens with two attached hydrogens (primary N) is 5. The molecule has 0 aliphatic heterocycles. The van der Waals surface area contributed by atoms with Gasteiger partial charge in [-0.05, 0) is 64.7 Å². The number of ketones is 2. The smallest absolute Gasteiger partial charge is 0.224 e. The summed E-state index contributed by atoms with van der Waals surface area (Å²) < 4.78 is 0. The molecular weight excluding hydrogens is 765 g/mol. The Bertz CT molecular complexity index is 1310. The summed E-state index contributed by atoms with van der Waals surface area (Å²) in [6.45, 7) is 10.2. The van der Waals surface area contributed by atoms with Crippen LogP contribution in [0.1, 0.15) is 182 Å². The highest BCUT2D eigenvalue weighted by Crippen LogP contribution is 2.21. The molecule has 60 heavy (non-hydrogen) atoms. The van der Waals surface area contributed by atoms with Gasteiger partial charge in [0, 0.05) is 56.7 Å². The van der Waals surface area contributed by atoms with Gasteiger partial charge in [0.1, 0.15) is 0 Å². The molecule has 0 heterocycles. The topological polar surface area (TPSA) is 293 Å². The van der Waals surface area contributed by atoms with Gasteiger partial charge in [-0.3, -0.25) is 38.8 Å². The van der Waals surface area contributed by atoms with Crippen LogP contribution in [-0.2, 0) is 28.8 Å². The summed E-state index contributed by atoms with van der Waals surface area (Å²) in [5, 5.41) is 8.59. The number of primary amides is 1. The number of Topliss-reactive ketones (excluding diaryl/α,β-unsaturated/α-hetero) is 2. The van der Waals surface area contributed by atoms with Crippen molar-refractivity contribution in [2.45, 2.75) is 200 Å². The lowest BCUT2D eigenvalue weighted by molar-refractivity contribution is -0.135. The Labute approximate surface area is 361 Å². The minimum absolute atomic E-state index is 0.0212. The predicted octanol–water partition coefficient (Wildman–Crippen LogP) is 4.53. The maximum Gasteiger partial charge on any atom is 0.224 e. The number of guanidine groups is 2. The molecule has 0 radical (unpaired) electrons. The number of hydrogen-bond donors (Lipinski definition) is 8. The Balaban J connectivity index is 5.77. The number of carbonyl (C=O) groups excluding carboxylic acids is 6. The molecule has 16 nitrogen and oxygen atoms in total. The van der Waals surface area contributed by atoms with Crippen LogP contribution < -0.4 is 44.6 Å². The van der Waals surface area contributed by atoms with Crippen molar-refractivity contribution in [2.24, 2.45) is 56.4 Å². The molecule has 0 spiro atoms. The maximum absolute atomic E-state index is 14.0. The molecule has 13 N–H and O–H groups in total. The Hall–Kier alpha value is -4.24. The summed E-state index contributed by atoms with van der Waals surface area (Å²) in [5.74, 6) is -4.22. The van der Waals surface area contributed by atoms with E-state index in [9.17, 15) is 28.8 Å². The van der Waals surface area contributed by atoms with Gasteiger partial charge in [0.15, 0.2) is 23.5 Å². The van der Waals surface area contributed by atoms with Gasteiger partial charge < -0.3 is 44.6 Å². The first kappa shape index (κ1) is 55.8. The van der Waals surface area contributed by atoms with E-state index in [0.717, 1.165) is 25.7 Å². The van der Waals surface area contributed by atoms with Crippen molar-refractivity contribution in [3.05, 3.63) is 0 Å². The van der Waals surface area contributed by atoms with Crippen LogP contribution in [0.5, 0.6) is 0 Å². The van der Waals surface area contributed by atoms with Gasteiger partial charge in [-0.1, -0.05) is 97.8 Å². The highest BCUT2D eigenvalue weighted by atomic mass is 16.2. The number of amides is 4. The molecular formula is C44H84N10O6. The van der Waals surface area contributed by atoms with Crippen LogP contribution in [0.3, 0.4) is 0 Å². The van der Waals surface area contributed by atoms with Crippen LogP contribution in [-0.4, -0.2) is 78.3 Å². The second-order valence-electron chi connectivity index (χ2n) is 17.1. The number of nitrogens with zero attached hydrogens (tertiary/aromatic N) is 2. The zero-order valence-electron chi connectivity index (χ0n) is 37.9. The van der Waals surface area contributed by atoms with Gasteiger partial charge in [-0.25, -0.2) is 0 Å². The second kappa shape index (κ2) is 34.5. The van der Waals surface area contributed by atoms with Crippen molar-refractivity contribution >= 4 is 47.1 Å². The average Bonchev–Trinajstić information content (AvgIpc) is 3.16. The molecule has 0 aliphatic rings. The highest BCUT2D eigenvalue weighted by molar-refractivity contribution is 5.95. The lowest BCUT2D eigenvalue weighted by atomic mass is 9.87. The van der Waals surface area contributed by atoms with E-state index in [1.807, 2.05) is 13.8 Å². The summed E-state index contributed by atoms with van der Waals surface area (Å²) in [6, 6.07) is -2.07. The monoisotopic (exact) mass is 849 g/mol. The molecule has 0 bridgehead atoms. The van der Waals surface area contributed by atoms with Crippen LogP contribution in [0.25, 0.3) is 0 Å². The lowest BCUT2D eigenvalue weighted by Gasteiger charge is -2.26. The van der Waals surface area contributed by atoms with E-state index >= 15 is 0 Å². The van der Waals surface area contributed by atoms with Crippen molar-refractivity contribution < 1.29 is 28.8 Å². The van der Waals surface area contributed by atoms with Crippen LogP contribution in [0.4, 0.5) is 0 Å². The molecule has 16 heteroatoms. The fourth-order valence-corrected chi connectivity index (χ4v) is 7.16. The number of rotatable bonds is 38. The second-order valence-corrected chi connectivity index (χ2v) is 17.1. The van der Waals surface area contributed by atoms with Crippen molar-refractivity contribution in [1.82, 2.24) is 16.0 Å². The molecule has 4 atom stereocenters. The van der Waals surface area contributed by atoms with Crippen molar-refractivity contribution in [2.75, 3.05) is 13.1 Å². The maximum atomic E-state index is 14.0. The number of carbonyl (C=O) groups is 6. The van der Waals surface area contributed by atoms with E-state index < -0.39 is 47.4 Å².